The number of primary amides is 1. The summed E-state index contributed by atoms with van der Waals surface area (Å²) in [5.41, 5.74) is 15.8. The lowest BCUT2D eigenvalue weighted by Crippen LogP contribution is -2.29. The highest BCUT2D eigenvalue weighted by Gasteiger charge is 2.15. The predicted molar refractivity (Wildman–Crippen MR) is 90.1 cm³/mol. The maximum atomic E-state index is 10.8. The molecule has 0 aliphatic heterocycles. The Bertz CT molecular complexity index is 725. The summed E-state index contributed by atoms with van der Waals surface area (Å²) in [6, 6.07) is 4.91. The van der Waals surface area contributed by atoms with Crippen molar-refractivity contribution in [2.24, 2.45) is 11.5 Å². The molecule has 0 aromatic carbocycles. The van der Waals surface area contributed by atoms with Crippen LogP contribution in [0.2, 0.25) is 0 Å². The van der Waals surface area contributed by atoms with Crippen molar-refractivity contribution in [3.8, 4) is 11.4 Å². The zero-order valence-corrected chi connectivity index (χ0v) is 13.2. The van der Waals surface area contributed by atoms with Gasteiger partial charge in [0.2, 0.25) is 6.34 Å². The number of carbonyl (C=O) groups excluding carboxylic acids is 1. The van der Waals surface area contributed by atoms with Gasteiger partial charge < -0.3 is 16.8 Å². The third-order valence-corrected chi connectivity index (χ3v) is 3.61. The maximum Gasteiger partial charge on any atom is 0.343 e. The van der Waals surface area contributed by atoms with Gasteiger partial charge >= 0.3 is 11.2 Å². The number of nitrogens with zero attached hydrogens (tertiary/aromatic N) is 3. The van der Waals surface area contributed by atoms with E-state index < -0.39 is 6.03 Å². The number of carbonyl (C=O) groups is 1. The number of rotatable bonds is 7. The van der Waals surface area contributed by atoms with Crippen molar-refractivity contribution >= 4 is 28.8 Å². The first-order valence-electron chi connectivity index (χ1n) is 6.78. The van der Waals surface area contributed by atoms with Crippen LogP contribution in [0.25, 0.3) is 11.4 Å². The second kappa shape index (κ2) is 7.90. The second-order valence-corrected chi connectivity index (χ2v) is 5.25. The molecule has 0 atom stereocenters. The number of hydrogen-bond donors (Lipinski definition) is 4. The minimum atomic E-state index is -0.587. The highest BCUT2D eigenvalue weighted by Crippen LogP contribution is 2.24. The molecule has 8 nitrogen and oxygen atoms in total. The van der Waals surface area contributed by atoms with Crippen LogP contribution in [-0.2, 0) is 6.54 Å². The van der Waals surface area contributed by atoms with E-state index in [1.54, 1.807) is 16.8 Å². The molecule has 2 heterocycles. The van der Waals surface area contributed by atoms with Gasteiger partial charge in [0.25, 0.3) is 0 Å². The molecule has 0 fully saturated rings. The first-order valence-corrected chi connectivity index (χ1v) is 7.66. The molecule has 2 aromatic rings. The Balaban J connectivity index is 2.18. The average molecular weight is 332 g/mol. The molecule has 0 radical (unpaired) electrons. The van der Waals surface area contributed by atoms with Gasteiger partial charge in [-0.3, -0.25) is 5.43 Å². The Labute approximate surface area is 137 Å². The van der Waals surface area contributed by atoms with E-state index in [0.29, 0.717) is 23.1 Å². The number of hydrogen-bond acceptors (Lipinski definition) is 5. The molecule has 0 aliphatic rings. The number of pyridine rings is 1. The normalized spacial score (nSPS) is 11.0. The summed E-state index contributed by atoms with van der Waals surface area (Å²) in [5, 5.41) is 5.08. The second-order valence-electron chi connectivity index (χ2n) is 4.42. The molecule has 2 rings (SSSR count). The van der Waals surface area contributed by atoms with E-state index in [-0.39, 0.29) is 6.54 Å². The maximum absolute atomic E-state index is 10.8. The number of amides is 2. The molecule has 120 valence electrons. The van der Waals surface area contributed by atoms with Crippen LogP contribution in [0.15, 0.2) is 36.2 Å². The number of aromatic nitrogens is 2. The lowest BCUT2D eigenvalue weighted by molar-refractivity contribution is -0.501. The third kappa shape index (κ3) is 4.51. The van der Waals surface area contributed by atoms with Crippen LogP contribution >= 0.6 is 11.3 Å². The van der Waals surface area contributed by atoms with E-state index in [0.717, 1.165) is 5.69 Å². The number of hydrazine groups is 1. The van der Waals surface area contributed by atoms with Crippen LogP contribution in [0.4, 0.5) is 9.93 Å². The zero-order valence-electron chi connectivity index (χ0n) is 12.4. The van der Waals surface area contributed by atoms with Crippen molar-refractivity contribution in [3.63, 3.8) is 0 Å². The van der Waals surface area contributed by atoms with Crippen LogP contribution in [0.1, 0.15) is 5.69 Å². The van der Waals surface area contributed by atoms with Gasteiger partial charge in [0.15, 0.2) is 5.69 Å². The molecule has 0 spiro atoms. The van der Waals surface area contributed by atoms with Crippen molar-refractivity contribution < 1.29 is 9.48 Å². The summed E-state index contributed by atoms with van der Waals surface area (Å²) in [5.74, 6) is 0. The third-order valence-electron chi connectivity index (χ3n) is 2.77. The van der Waals surface area contributed by atoms with Crippen molar-refractivity contribution in [1.29, 1.82) is 0 Å². The number of thiazole rings is 1. The van der Waals surface area contributed by atoms with Crippen LogP contribution in [0, 0.1) is 0 Å². The fraction of sp³-hybridized carbons (Fsp3) is 0.143. The Morgan fingerprint density at radius 1 is 1.39 bits per heavy atom. The standard InChI is InChI=1S/C14H17N7OS/c1-2-6-18-21(9-15)14-20-12(8-23-14)11-5-3-4-10(19-11)7-17-13(16)22/h2-5,8-9,15,18H,1,6-7H2,(H3,16,17,22)/p+1. The van der Waals surface area contributed by atoms with Gasteiger partial charge in [-0.05, 0) is 12.1 Å². The summed E-state index contributed by atoms with van der Waals surface area (Å²) in [6.45, 7) is 4.48. The molecule has 0 bridgehead atoms. The minimum Gasteiger partial charge on any atom is -0.352 e. The SMILES string of the molecule is C=CCN[N+](=CN)c1nc(-c2cccc(CNC(N)=O)n2)cs1. The summed E-state index contributed by atoms with van der Waals surface area (Å²) in [7, 11) is 0. The van der Waals surface area contributed by atoms with Gasteiger partial charge in [0, 0.05) is 5.38 Å². The van der Waals surface area contributed by atoms with Crippen molar-refractivity contribution in [1.82, 2.24) is 20.7 Å². The largest absolute Gasteiger partial charge is 0.352 e. The monoisotopic (exact) mass is 332 g/mol. The van der Waals surface area contributed by atoms with Crippen LogP contribution in [0.3, 0.4) is 0 Å². The van der Waals surface area contributed by atoms with E-state index in [2.05, 4.69) is 27.3 Å². The highest BCUT2D eigenvalue weighted by molar-refractivity contribution is 7.13. The van der Waals surface area contributed by atoms with E-state index >= 15 is 0 Å². The Kier molecular flexibility index (Phi) is 5.64. The number of urea groups is 1. The number of hydrazone groups is 1. The summed E-state index contributed by atoms with van der Waals surface area (Å²) >= 11 is 1.43. The minimum absolute atomic E-state index is 0.268. The molecule has 2 aromatic heterocycles. The molecular weight excluding hydrogens is 314 g/mol. The van der Waals surface area contributed by atoms with Gasteiger partial charge in [-0.15, -0.1) is 11.3 Å². The fourth-order valence-electron chi connectivity index (χ4n) is 1.74. The molecule has 0 saturated heterocycles. The first-order chi connectivity index (χ1) is 11.1. The molecular formula is C14H18N7OS+. The fourth-order valence-corrected chi connectivity index (χ4v) is 2.52. The van der Waals surface area contributed by atoms with Crippen molar-refractivity contribution in [2.45, 2.75) is 6.54 Å². The lowest BCUT2D eigenvalue weighted by atomic mass is 10.2. The molecule has 0 unspecified atom stereocenters. The summed E-state index contributed by atoms with van der Waals surface area (Å²) < 4.78 is 1.62. The Morgan fingerprint density at radius 3 is 2.91 bits per heavy atom. The molecule has 0 aliphatic carbocycles. The highest BCUT2D eigenvalue weighted by atomic mass is 32.1. The molecule has 2 amide bonds. The van der Waals surface area contributed by atoms with Gasteiger partial charge in [-0.2, -0.15) is 0 Å². The number of nitrogens with one attached hydrogen (secondary N) is 2. The molecule has 0 saturated carbocycles. The molecule has 23 heavy (non-hydrogen) atoms. The van der Waals surface area contributed by atoms with Crippen LogP contribution in [-0.4, -0.2) is 33.6 Å². The van der Waals surface area contributed by atoms with E-state index in [4.69, 9.17) is 11.5 Å². The van der Waals surface area contributed by atoms with Gasteiger partial charge in [0.05, 0.1) is 18.8 Å². The topological polar surface area (TPSA) is 122 Å². The van der Waals surface area contributed by atoms with Gasteiger partial charge in [-0.25, -0.2) is 9.78 Å². The van der Waals surface area contributed by atoms with E-state index in [1.165, 1.54) is 17.7 Å². The Morgan fingerprint density at radius 2 is 2.22 bits per heavy atom. The number of nitrogens with two attached hydrogens (primary N) is 2. The first kappa shape index (κ1) is 16.4. The zero-order chi connectivity index (χ0) is 16.7. The van der Waals surface area contributed by atoms with Gasteiger partial charge in [0.1, 0.15) is 5.69 Å². The molecule has 9 heteroatoms. The Hall–Kier alpha value is -2.94. The summed E-state index contributed by atoms with van der Waals surface area (Å²) in [4.78, 5) is 19.7. The van der Waals surface area contributed by atoms with Gasteiger partial charge in [-0.1, -0.05) is 28.5 Å². The molecule has 6 N–H and O–H groups in total. The van der Waals surface area contributed by atoms with Crippen LogP contribution in [0.5, 0.6) is 0 Å². The lowest BCUT2D eigenvalue weighted by Gasteiger charge is -2.03. The predicted octanol–water partition coefficient (Wildman–Crippen LogP) is 0.695. The van der Waals surface area contributed by atoms with E-state index in [9.17, 15) is 4.79 Å². The van der Waals surface area contributed by atoms with Crippen LogP contribution < -0.4 is 22.2 Å². The smallest absolute Gasteiger partial charge is 0.343 e. The average Bonchev–Trinajstić information content (AvgIpc) is 3.04. The van der Waals surface area contributed by atoms with E-state index in [1.807, 2.05) is 17.5 Å². The summed E-state index contributed by atoms with van der Waals surface area (Å²) in [6.07, 6.45) is 3.12. The van der Waals surface area contributed by atoms with Crippen molar-refractivity contribution in [3.05, 3.63) is 41.9 Å². The quantitative estimate of drug-likeness (QED) is 0.195. The van der Waals surface area contributed by atoms with Crippen molar-refractivity contribution in [2.75, 3.05) is 6.54 Å².